The summed E-state index contributed by atoms with van der Waals surface area (Å²) in [7, 11) is 0. The van der Waals surface area contributed by atoms with Crippen LogP contribution in [-0.4, -0.2) is 31.2 Å². The second-order valence-electron chi connectivity index (χ2n) is 6.29. The minimum Gasteiger partial charge on any atom is -0.324 e. The third kappa shape index (κ3) is 4.03. The van der Waals surface area contributed by atoms with Gasteiger partial charge in [-0.1, -0.05) is 53.2 Å². The highest BCUT2D eigenvalue weighted by Crippen LogP contribution is 2.26. The molecule has 0 bridgehead atoms. The van der Waals surface area contributed by atoms with Crippen LogP contribution in [0, 0.1) is 6.92 Å². The van der Waals surface area contributed by atoms with Gasteiger partial charge in [0.05, 0.1) is 22.8 Å². The smallest absolute Gasteiger partial charge is 0.278 e. The summed E-state index contributed by atoms with van der Waals surface area (Å²) in [4.78, 5) is 35.8. The Morgan fingerprint density at radius 2 is 1.97 bits per heavy atom. The number of aryl methyl sites for hydroxylation is 1. The van der Waals surface area contributed by atoms with Crippen molar-refractivity contribution in [3.63, 3.8) is 0 Å². The van der Waals surface area contributed by atoms with E-state index in [9.17, 15) is 9.59 Å². The molecule has 4 rings (SSSR count). The summed E-state index contributed by atoms with van der Waals surface area (Å²) in [5, 5.41) is 3.75. The fraction of sp³-hybridized carbons (Fsp3) is 0.100. The van der Waals surface area contributed by atoms with Gasteiger partial charge in [-0.3, -0.25) is 14.2 Å². The van der Waals surface area contributed by atoms with Gasteiger partial charge in [-0.05, 0) is 31.2 Å². The summed E-state index contributed by atoms with van der Waals surface area (Å²) in [6.07, 6.45) is 1.34. The number of nitrogens with one attached hydrogen (secondary N) is 2. The number of imidazole rings is 1. The van der Waals surface area contributed by atoms with E-state index in [1.54, 1.807) is 28.8 Å². The SMILES string of the molecule is Cc1ccc(-n2c(SCC(=O)Nc3ccccc3Cl)nc3c(=O)[nH]cnc32)cc1. The van der Waals surface area contributed by atoms with Crippen molar-refractivity contribution in [2.45, 2.75) is 12.1 Å². The number of fused-ring (bicyclic) bond motifs is 1. The zero-order chi connectivity index (χ0) is 20.4. The minimum atomic E-state index is -0.330. The fourth-order valence-electron chi connectivity index (χ4n) is 2.79. The first-order chi connectivity index (χ1) is 14.0. The van der Waals surface area contributed by atoms with Gasteiger partial charge in [0, 0.05) is 5.69 Å². The number of aromatic amines is 1. The van der Waals surface area contributed by atoms with Crippen LogP contribution in [0.4, 0.5) is 5.69 Å². The number of anilines is 1. The minimum absolute atomic E-state index is 0.0955. The summed E-state index contributed by atoms with van der Waals surface area (Å²) in [6, 6.07) is 14.8. The van der Waals surface area contributed by atoms with Gasteiger partial charge < -0.3 is 10.3 Å². The van der Waals surface area contributed by atoms with Gasteiger partial charge in [0.1, 0.15) is 0 Å². The van der Waals surface area contributed by atoms with Crippen LogP contribution >= 0.6 is 23.4 Å². The van der Waals surface area contributed by atoms with E-state index >= 15 is 0 Å². The molecule has 9 heteroatoms. The Morgan fingerprint density at radius 3 is 2.72 bits per heavy atom. The second kappa shape index (κ2) is 8.10. The third-order valence-corrected chi connectivity index (χ3v) is 5.46. The molecule has 2 aromatic carbocycles. The molecule has 4 aromatic rings. The van der Waals surface area contributed by atoms with Crippen molar-refractivity contribution in [2.75, 3.05) is 11.1 Å². The molecule has 0 aliphatic heterocycles. The van der Waals surface area contributed by atoms with Crippen LogP contribution in [0.25, 0.3) is 16.9 Å². The summed E-state index contributed by atoms with van der Waals surface area (Å²) in [5.41, 5.74) is 2.80. The highest BCUT2D eigenvalue weighted by atomic mass is 35.5. The van der Waals surface area contributed by atoms with Crippen molar-refractivity contribution in [3.05, 3.63) is 75.8 Å². The number of aromatic nitrogens is 4. The molecule has 0 radical (unpaired) electrons. The van der Waals surface area contributed by atoms with Gasteiger partial charge in [-0.15, -0.1) is 0 Å². The number of carbonyl (C=O) groups excluding carboxylic acids is 1. The molecule has 0 fully saturated rings. The van der Waals surface area contributed by atoms with Gasteiger partial charge in [-0.2, -0.15) is 0 Å². The van der Waals surface area contributed by atoms with Gasteiger partial charge in [0.2, 0.25) is 5.91 Å². The maximum Gasteiger partial charge on any atom is 0.278 e. The second-order valence-corrected chi connectivity index (χ2v) is 7.64. The maximum absolute atomic E-state index is 12.4. The highest BCUT2D eigenvalue weighted by Gasteiger charge is 2.18. The largest absolute Gasteiger partial charge is 0.324 e. The van der Waals surface area contributed by atoms with Crippen molar-refractivity contribution >= 4 is 46.1 Å². The number of thioether (sulfide) groups is 1. The van der Waals surface area contributed by atoms with Gasteiger partial charge in [0.15, 0.2) is 16.3 Å². The lowest BCUT2D eigenvalue weighted by Crippen LogP contribution is -2.14. The van der Waals surface area contributed by atoms with Crippen molar-refractivity contribution in [1.29, 1.82) is 0 Å². The Morgan fingerprint density at radius 1 is 1.21 bits per heavy atom. The molecule has 146 valence electrons. The number of benzene rings is 2. The van der Waals surface area contributed by atoms with Gasteiger partial charge in [-0.25, -0.2) is 9.97 Å². The van der Waals surface area contributed by atoms with Crippen LogP contribution in [0.1, 0.15) is 5.56 Å². The number of halogens is 1. The Balaban J connectivity index is 1.65. The highest BCUT2D eigenvalue weighted by molar-refractivity contribution is 7.99. The van der Waals surface area contributed by atoms with Crippen LogP contribution in [0.15, 0.2) is 64.8 Å². The number of hydrogen-bond donors (Lipinski definition) is 2. The molecule has 0 saturated heterocycles. The van der Waals surface area contributed by atoms with E-state index in [2.05, 4.69) is 20.3 Å². The summed E-state index contributed by atoms with van der Waals surface area (Å²) >= 11 is 7.31. The molecule has 1 amide bonds. The lowest BCUT2D eigenvalue weighted by atomic mass is 10.2. The van der Waals surface area contributed by atoms with Crippen molar-refractivity contribution < 1.29 is 4.79 Å². The molecule has 0 unspecified atom stereocenters. The van der Waals surface area contributed by atoms with Crippen LogP contribution in [0.5, 0.6) is 0 Å². The standard InChI is InChI=1S/C20H16ClN5O2S/c1-12-6-8-13(9-7-12)26-18-17(19(28)23-11-22-18)25-20(26)29-10-16(27)24-15-5-3-2-4-14(15)21/h2-9,11H,10H2,1H3,(H,24,27)(H,22,23,28). The van der Waals surface area contributed by atoms with Gasteiger partial charge in [0.25, 0.3) is 5.56 Å². The number of hydrogen-bond acceptors (Lipinski definition) is 5. The Hall–Kier alpha value is -3.10. The summed E-state index contributed by atoms with van der Waals surface area (Å²) in [5.74, 6) is -0.134. The molecule has 0 atom stereocenters. The molecular formula is C20H16ClN5O2S. The number of H-pyrrole nitrogens is 1. The van der Waals surface area contributed by atoms with Crippen LogP contribution < -0.4 is 10.9 Å². The molecule has 29 heavy (non-hydrogen) atoms. The third-order valence-electron chi connectivity index (χ3n) is 4.19. The average Bonchev–Trinajstić information content (AvgIpc) is 3.09. The molecule has 2 N–H and O–H groups in total. The Bertz CT molecular complexity index is 1250. The zero-order valence-electron chi connectivity index (χ0n) is 15.3. The Kier molecular flexibility index (Phi) is 5.37. The van der Waals surface area contributed by atoms with Crippen LogP contribution in [-0.2, 0) is 4.79 Å². The first kappa shape index (κ1) is 19.2. The van der Waals surface area contributed by atoms with E-state index in [-0.39, 0.29) is 22.7 Å². The first-order valence-corrected chi connectivity index (χ1v) is 10.1. The molecular weight excluding hydrogens is 410 g/mol. The maximum atomic E-state index is 12.4. The summed E-state index contributed by atoms with van der Waals surface area (Å²) in [6.45, 7) is 1.99. The summed E-state index contributed by atoms with van der Waals surface area (Å²) < 4.78 is 1.78. The van der Waals surface area contributed by atoms with Crippen LogP contribution in [0.3, 0.4) is 0 Å². The molecule has 0 aliphatic carbocycles. The van der Waals surface area contributed by atoms with E-state index in [0.29, 0.717) is 21.5 Å². The van der Waals surface area contributed by atoms with E-state index < -0.39 is 0 Å². The zero-order valence-corrected chi connectivity index (χ0v) is 16.9. The number of amides is 1. The van der Waals surface area contributed by atoms with Crippen molar-refractivity contribution in [1.82, 2.24) is 19.5 Å². The first-order valence-electron chi connectivity index (χ1n) is 8.73. The van der Waals surface area contributed by atoms with E-state index in [1.807, 2.05) is 31.2 Å². The lowest BCUT2D eigenvalue weighted by Gasteiger charge is -2.09. The van der Waals surface area contributed by atoms with Gasteiger partial charge >= 0.3 is 0 Å². The predicted octanol–water partition coefficient (Wildman–Crippen LogP) is 3.80. The van der Waals surface area contributed by atoms with E-state index in [1.165, 1.54) is 18.1 Å². The number of rotatable bonds is 5. The van der Waals surface area contributed by atoms with Crippen molar-refractivity contribution in [2.24, 2.45) is 0 Å². The van der Waals surface area contributed by atoms with E-state index in [4.69, 9.17) is 11.6 Å². The lowest BCUT2D eigenvalue weighted by molar-refractivity contribution is -0.113. The normalized spacial score (nSPS) is 11.0. The molecule has 0 saturated carbocycles. The number of nitrogens with zero attached hydrogens (tertiary/aromatic N) is 3. The molecule has 2 aromatic heterocycles. The van der Waals surface area contributed by atoms with E-state index in [0.717, 1.165) is 11.3 Å². The fourth-order valence-corrected chi connectivity index (χ4v) is 3.78. The van der Waals surface area contributed by atoms with Crippen LogP contribution in [0.2, 0.25) is 5.02 Å². The topological polar surface area (TPSA) is 92.7 Å². The molecule has 0 spiro atoms. The molecule has 2 heterocycles. The monoisotopic (exact) mass is 425 g/mol. The Labute approximate surface area is 175 Å². The molecule has 7 nitrogen and oxygen atoms in total. The quantitative estimate of drug-likeness (QED) is 0.474. The number of para-hydroxylation sites is 1. The number of carbonyl (C=O) groups is 1. The molecule has 0 aliphatic rings. The average molecular weight is 426 g/mol. The van der Waals surface area contributed by atoms with Crippen molar-refractivity contribution in [3.8, 4) is 5.69 Å². The predicted molar refractivity (Wildman–Crippen MR) is 115 cm³/mol.